The van der Waals surface area contributed by atoms with E-state index in [-0.39, 0.29) is 6.04 Å². The van der Waals surface area contributed by atoms with Gasteiger partial charge in [0.1, 0.15) is 11.6 Å². The van der Waals surface area contributed by atoms with Crippen molar-refractivity contribution in [2.45, 2.75) is 26.3 Å². The van der Waals surface area contributed by atoms with Crippen LogP contribution < -0.4 is 15.8 Å². The van der Waals surface area contributed by atoms with Gasteiger partial charge in [0.05, 0.1) is 13.3 Å². The summed E-state index contributed by atoms with van der Waals surface area (Å²) in [7, 11) is 1.63. The lowest BCUT2D eigenvalue weighted by molar-refractivity contribution is 0.413. The number of methoxy groups -OCH3 is 1. The average molecular weight is 223 g/mol. The first kappa shape index (κ1) is 12.8. The van der Waals surface area contributed by atoms with E-state index in [1.807, 2.05) is 12.1 Å². The molecule has 0 aromatic carbocycles. The second-order valence-corrected chi connectivity index (χ2v) is 4.35. The highest BCUT2D eigenvalue weighted by Crippen LogP contribution is 2.11. The van der Waals surface area contributed by atoms with E-state index in [2.05, 4.69) is 24.1 Å². The van der Waals surface area contributed by atoms with E-state index in [0.29, 0.717) is 5.92 Å². The predicted octanol–water partition coefficient (Wildman–Crippen LogP) is 1.88. The summed E-state index contributed by atoms with van der Waals surface area (Å²) in [5.41, 5.74) is 5.96. The number of anilines is 1. The lowest BCUT2D eigenvalue weighted by atomic mass is 10.0. The maximum atomic E-state index is 5.96. The van der Waals surface area contributed by atoms with E-state index in [9.17, 15) is 0 Å². The number of nitrogens with zero attached hydrogens (tertiary/aromatic N) is 1. The van der Waals surface area contributed by atoms with Crippen LogP contribution in [0, 0.1) is 5.92 Å². The summed E-state index contributed by atoms with van der Waals surface area (Å²) < 4.78 is 5.03. The number of nitrogens with one attached hydrogen (secondary N) is 1. The Balaban J connectivity index is 2.36. The van der Waals surface area contributed by atoms with Crippen molar-refractivity contribution in [2.75, 3.05) is 19.0 Å². The van der Waals surface area contributed by atoms with Gasteiger partial charge in [-0.2, -0.15) is 0 Å². The van der Waals surface area contributed by atoms with Crippen molar-refractivity contribution >= 4 is 5.82 Å². The molecule has 0 saturated heterocycles. The molecule has 0 aliphatic carbocycles. The van der Waals surface area contributed by atoms with Gasteiger partial charge in [0.25, 0.3) is 0 Å². The molecular formula is C12H21N3O. The molecule has 0 saturated carbocycles. The van der Waals surface area contributed by atoms with Gasteiger partial charge in [0.2, 0.25) is 0 Å². The van der Waals surface area contributed by atoms with Crippen LogP contribution in [-0.2, 0) is 0 Å². The molecule has 90 valence electrons. The van der Waals surface area contributed by atoms with Crippen molar-refractivity contribution < 1.29 is 4.74 Å². The van der Waals surface area contributed by atoms with Gasteiger partial charge in [-0.15, -0.1) is 0 Å². The van der Waals surface area contributed by atoms with Gasteiger partial charge in [0, 0.05) is 12.6 Å². The smallest absolute Gasteiger partial charge is 0.137 e. The standard InChI is InChI=1S/C12H21N3O/c1-9(2)6-10(13)7-14-12-5-4-11(16-3)8-15-12/h4-5,8-10H,6-7,13H2,1-3H3,(H,14,15). The fourth-order valence-electron chi connectivity index (χ4n) is 1.53. The van der Waals surface area contributed by atoms with Crippen molar-refractivity contribution in [3.63, 3.8) is 0 Å². The fourth-order valence-corrected chi connectivity index (χ4v) is 1.53. The molecule has 16 heavy (non-hydrogen) atoms. The van der Waals surface area contributed by atoms with Crippen molar-refractivity contribution in [1.82, 2.24) is 4.98 Å². The summed E-state index contributed by atoms with van der Waals surface area (Å²) in [6.07, 6.45) is 2.71. The summed E-state index contributed by atoms with van der Waals surface area (Å²) in [5, 5.41) is 3.21. The minimum Gasteiger partial charge on any atom is -0.495 e. The van der Waals surface area contributed by atoms with Gasteiger partial charge in [0.15, 0.2) is 0 Å². The SMILES string of the molecule is COc1ccc(NCC(N)CC(C)C)nc1. The number of ether oxygens (including phenoxy) is 1. The number of hydrogen-bond acceptors (Lipinski definition) is 4. The third-order valence-corrected chi connectivity index (χ3v) is 2.29. The zero-order valence-electron chi connectivity index (χ0n) is 10.2. The lowest BCUT2D eigenvalue weighted by Crippen LogP contribution is -2.30. The molecule has 0 aliphatic heterocycles. The van der Waals surface area contributed by atoms with Crippen molar-refractivity contribution in [1.29, 1.82) is 0 Å². The highest BCUT2D eigenvalue weighted by Gasteiger charge is 2.05. The molecule has 4 nitrogen and oxygen atoms in total. The highest BCUT2D eigenvalue weighted by atomic mass is 16.5. The van der Waals surface area contributed by atoms with E-state index in [4.69, 9.17) is 10.5 Å². The quantitative estimate of drug-likeness (QED) is 0.773. The largest absolute Gasteiger partial charge is 0.495 e. The summed E-state index contributed by atoms with van der Waals surface area (Å²) in [6, 6.07) is 3.94. The zero-order chi connectivity index (χ0) is 12.0. The molecule has 0 fully saturated rings. The summed E-state index contributed by atoms with van der Waals surface area (Å²) in [4.78, 5) is 4.21. The Morgan fingerprint density at radius 1 is 1.44 bits per heavy atom. The van der Waals surface area contributed by atoms with Crippen LogP contribution in [0.5, 0.6) is 5.75 Å². The van der Waals surface area contributed by atoms with Crippen molar-refractivity contribution in [3.05, 3.63) is 18.3 Å². The van der Waals surface area contributed by atoms with Gasteiger partial charge < -0.3 is 15.8 Å². The average Bonchev–Trinajstić information content (AvgIpc) is 2.26. The van der Waals surface area contributed by atoms with E-state index in [1.54, 1.807) is 13.3 Å². The first-order valence-corrected chi connectivity index (χ1v) is 5.61. The topological polar surface area (TPSA) is 60.2 Å². The minimum absolute atomic E-state index is 0.170. The molecule has 0 radical (unpaired) electrons. The van der Waals surface area contributed by atoms with E-state index in [1.165, 1.54) is 0 Å². The Morgan fingerprint density at radius 2 is 2.19 bits per heavy atom. The van der Waals surface area contributed by atoms with Crippen LogP contribution in [0.3, 0.4) is 0 Å². The normalized spacial score (nSPS) is 12.6. The molecule has 1 aromatic rings. The van der Waals surface area contributed by atoms with E-state index in [0.717, 1.165) is 24.5 Å². The molecule has 1 unspecified atom stereocenters. The molecule has 3 N–H and O–H groups in total. The zero-order valence-corrected chi connectivity index (χ0v) is 10.2. The fraction of sp³-hybridized carbons (Fsp3) is 0.583. The monoisotopic (exact) mass is 223 g/mol. The first-order chi connectivity index (χ1) is 7.61. The predicted molar refractivity (Wildman–Crippen MR) is 66.7 cm³/mol. The lowest BCUT2D eigenvalue weighted by Gasteiger charge is -2.15. The number of pyridine rings is 1. The number of rotatable bonds is 6. The Labute approximate surface area is 97.2 Å². The van der Waals surface area contributed by atoms with Crippen LogP contribution in [0.2, 0.25) is 0 Å². The van der Waals surface area contributed by atoms with Crippen LogP contribution in [0.15, 0.2) is 18.3 Å². The summed E-state index contributed by atoms with van der Waals surface area (Å²) in [6.45, 7) is 5.09. The molecule has 0 spiro atoms. The van der Waals surface area contributed by atoms with Gasteiger partial charge in [-0.3, -0.25) is 0 Å². The maximum absolute atomic E-state index is 5.96. The maximum Gasteiger partial charge on any atom is 0.137 e. The van der Waals surface area contributed by atoms with Gasteiger partial charge in [-0.1, -0.05) is 13.8 Å². The Kier molecular flexibility index (Phi) is 5.05. The van der Waals surface area contributed by atoms with Crippen LogP contribution >= 0.6 is 0 Å². The van der Waals surface area contributed by atoms with Crippen LogP contribution in [0.25, 0.3) is 0 Å². The molecule has 1 rings (SSSR count). The molecule has 1 atom stereocenters. The number of hydrogen-bond donors (Lipinski definition) is 2. The molecule has 4 heteroatoms. The van der Waals surface area contributed by atoms with E-state index >= 15 is 0 Å². The third kappa shape index (κ3) is 4.49. The number of nitrogens with two attached hydrogens (primary N) is 1. The van der Waals surface area contributed by atoms with Gasteiger partial charge in [-0.05, 0) is 24.5 Å². The van der Waals surface area contributed by atoms with Crippen molar-refractivity contribution in [3.8, 4) is 5.75 Å². The van der Waals surface area contributed by atoms with Crippen molar-refractivity contribution in [2.24, 2.45) is 11.7 Å². The Bertz CT molecular complexity index is 298. The molecule has 0 aliphatic rings. The first-order valence-electron chi connectivity index (χ1n) is 5.61. The molecule has 0 bridgehead atoms. The Hall–Kier alpha value is -1.29. The second kappa shape index (κ2) is 6.33. The molecular weight excluding hydrogens is 202 g/mol. The van der Waals surface area contributed by atoms with E-state index < -0.39 is 0 Å². The number of aromatic nitrogens is 1. The minimum atomic E-state index is 0.170. The van der Waals surface area contributed by atoms with Crippen LogP contribution in [-0.4, -0.2) is 24.7 Å². The Morgan fingerprint density at radius 3 is 2.69 bits per heavy atom. The summed E-state index contributed by atoms with van der Waals surface area (Å²) in [5.74, 6) is 2.22. The van der Waals surface area contributed by atoms with Crippen LogP contribution in [0.1, 0.15) is 20.3 Å². The van der Waals surface area contributed by atoms with Gasteiger partial charge >= 0.3 is 0 Å². The molecule has 1 aromatic heterocycles. The molecule has 1 heterocycles. The summed E-state index contributed by atoms with van der Waals surface area (Å²) >= 11 is 0. The third-order valence-electron chi connectivity index (χ3n) is 2.29. The highest BCUT2D eigenvalue weighted by molar-refractivity contribution is 5.37. The molecule has 0 amide bonds. The second-order valence-electron chi connectivity index (χ2n) is 4.35. The van der Waals surface area contributed by atoms with Crippen LogP contribution in [0.4, 0.5) is 5.82 Å². The van der Waals surface area contributed by atoms with Gasteiger partial charge in [-0.25, -0.2) is 4.98 Å².